The molecule has 0 aliphatic heterocycles. The van der Waals surface area contributed by atoms with Crippen molar-refractivity contribution in [3.05, 3.63) is 66.2 Å². The molecule has 0 bridgehead atoms. The van der Waals surface area contributed by atoms with Crippen molar-refractivity contribution in [2.45, 2.75) is 0 Å². The van der Waals surface area contributed by atoms with Gasteiger partial charge < -0.3 is 4.74 Å². The Bertz CT molecular complexity index is 761. The number of aromatic nitrogens is 1. The second-order valence-corrected chi connectivity index (χ2v) is 4.05. The summed E-state index contributed by atoms with van der Waals surface area (Å²) < 4.78 is 5.67. The minimum absolute atomic E-state index is 0.432. The predicted molar refractivity (Wildman–Crippen MR) is 73.0 cm³/mol. The first-order chi connectivity index (χ1) is 9.36. The van der Waals surface area contributed by atoms with Gasteiger partial charge in [0.1, 0.15) is 11.8 Å². The fourth-order valence-electron chi connectivity index (χ4n) is 1.91. The van der Waals surface area contributed by atoms with Crippen LogP contribution < -0.4 is 4.74 Å². The number of nitriles is 1. The maximum absolute atomic E-state index is 9.19. The zero-order chi connectivity index (χ0) is 13.1. The van der Waals surface area contributed by atoms with Gasteiger partial charge in [-0.3, -0.25) is 0 Å². The maximum atomic E-state index is 9.19. The molecular formula is C16H10N2O. The number of benzene rings is 2. The Kier molecular flexibility index (Phi) is 2.83. The van der Waals surface area contributed by atoms with Gasteiger partial charge >= 0.3 is 0 Å². The van der Waals surface area contributed by atoms with E-state index in [0.29, 0.717) is 17.2 Å². The molecule has 0 fully saturated rings. The Morgan fingerprint density at radius 3 is 2.47 bits per heavy atom. The standard InChI is InChI=1S/C16H10N2O/c17-11-12-10-16(19-13-6-2-1-3-7-13)18-15-9-5-4-8-14(12)15/h1-10H. The fraction of sp³-hybridized carbons (Fsp3) is 0. The molecule has 0 atom stereocenters. The molecule has 0 spiro atoms. The maximum Gasteiger partial charge on any atom is 0.221 e. The van der Waals surface area contributed by atoms with Crippen molar-refractivity contribution >= 4 is 10.9 Å². The van der Waals surface area contributed by atoms with Gasteiger partial charge in [0, 0.05) is 11.5 Å². The average Bonchev–Trinajstić information content (AvgIpc) is 2.47. The summed E-state index contributed by atoms with van der Waals surface area (Å²) in [6, 6.07) is 20.8. The summed E-state index contributed by atoms with van der Waals surface area (Å²) in [5.74, 6) is 1.13. The van der Waals surface area contributed by atoms with Gasteiger partial charge in [0.15, 0.2) is 0 Å². The van der Waals surface area contributed by atoms with Crippen LogP contribution in [0, 0.1) is 11.3 Å². The van der Waals surface area contributed by atoms with Gasteiger partial charge in [-0.2, -0.15) is 5.26 Å². The summed E-state index contributed by atoms with van der Waals surface area (Å²) in [4.78, 5) is 4.41. The van der Waals surface area contributed by atoms with E-state index in [1.165, 1.54) is 0 Å². The lowest BCUT2D eigenvalue weighted by Crippen LogP contribution is -1.91. The summed E-state index contributed by atoms with van der Waals surface area (Å²) in [7, 11) is 0. The second-order valence-electron chi connectivity index (χ2n) is 4.05. The van der Waals surface area contributed by atoms with Gasteiger partial charge in [-0.25, -0.2) is 4.98 Å². The summed E-state index contributed by atoms with van der Waals surface area (Å²) in [6.07, 6.45) is 0. The molecule has 0 aliphatic rings. The molecule has 19 heavy (non-hydrogen) atoms. The van der Waals surface area contributed by atoms with E-state index < -0.39 is 0 Å². The molecule has 0 amide bonds. The minimum atomic E-state index is 0.432. The van der Waals surface area contributed by atoms with Crippen LogP contribution in [0.4, 0.5) is 0 Å². The smallest absolute Gasteiger partial charge is 0.221 e. The van der Waals surface area contributed by atoms with Crippen molar-refractivity contribution in [1.29, 1.82) is 5.26 Å². The van der Waals surface area contributed by atoms with E-state index in [4.69, 9.17) is 4.74 Å². The molecule has 0 saturated heterocycles. The van der Waals surface area contributed by atoms with Gasteiger partial charge in [-0.15, -0.1) is 0 Å². The van der Waals surface area contributed by atoms with Gasteiger partial charge in [-0.1, -0.05) is 36.4 Å². The lowest BCUT2D eigenvalue weighted by Gasteiger charge is -2.06. The third-order valence-corrected chi connectivity index (χ3v) is 2.78. The lowest BCUT2D eigenvalue weighted by atomic mass is 10.1. The Balaban J connectivity index is 2.08. The summed E-state index contributed by atoms with van der Waals surface area (Å²) in [5, 5.41) is 10.0. The monoisotopic (exact) mass is 246 g/mol. The molecule has 90 valence electrons. The molecule has 3 nitrogen and oxygen atoms in total. The third-order valence-electron chi connectivity index (χ3n) is 2.78. The van der Waals surface area contributed by atoms with Crippen LogP contribution in [0.15, 0.2) is 60.7 Å². The topological polar surface area (TPSA) is 45.9 Å². The highest BCUT2D eigenvalue weighted by Crippen LogP contribution is 2.25. The molecule has 2 aromatic carbocycles. The Morgan fingerprint density at radius 2 is 1.68 bits per heavy atom. The van der Waals surface area contributed by atoms with Crippen molar-refractivity contribution in [2.75, 3.05) is 0 Å². The van der Waals surface area contributed by atoms with Gasteiger partial charge in [0.2, 0.25) is 5.88 Å². The van der Waals surface area contributed by atoms with E-state index in [2.05, 4.69) is 11.1 Å². The quantitative estimate of drug-likeness (QED) is 0.688. The number of hydrogen-bond donors (Lipinski definition) is 0. The van der Waals surface area contributed by atoms with Gasteiger partial charge in [0.05, 0.1) is 11.1 Å². The van der Waals surface area contributed by atoms with Crippen LogP contribution in [-0.4, -0.2) is 4.98 Å². The Labute approximate surface area is 110 Å². The zero-order valence-electron chi connectivity index (χ0n) is 10.1. The number of pyridine rings is 1. The first kappa shape index (κ1) is 11.2. The third kappa shape index (κ3) is 2.24. The Hall–Kier alpha value is -2.86. The van der Waals surface area contributed by atoms with Crippen LogP contribution in [0.5, 0.6) is 11.6 Å². The first-order valence-corrected chi connectivity index (χ1v) is 5.89. The van der Waals surface area contributed by atoms with Crippen LogP contribution in [-0.2, 0) is 0 Å². The van der Waals surface area contributed by atoms with Crippen LogP contribution in [0.2, 0.25) is 0 Å². The molecule has 3 rings (SSSR count). The van der Waals surface area contributed by atoms with Gasteiger partial charge in [-0.05, 0) is 18.2 Å². The van der Waals surface area contributed by atoms with Crippen molar-refractivity contribution < 1.29 is 4.74 Å². The summed E-state index contributed by atoms with van der Waals surface area (Å²) >= 11 is 0. The van der Waals surface area contributed by atoms with E-state index in [1.807, 2.05) is 54.6 Å². The SMILES string of the molecule is N#Cc1cc(Oc2ccccc2)nc2ccccc12. The van der Waals surface area contributed by atoms with Crippen molar-refractivity contribution in [3.63, 3.8) is 0 Å². The van der Waals surface area contributed by atoms with Crippen molar-refractivity contribution in [1.82, 2.24) is 4.98 Å². The fourth-order valence-corrected chi connectivity index (χ4v) is 1.91. The molecule has 0 saturated carbocycles. The number of fused-ring (bicyclic) bond motifs is 1. The highest BCUT2D eigenvalue weighted by molar-refractivity contribution is 5.85. The minimum Gasteiger partial charge on any atom is -0.439 e. The molecule has 0 aliphatic carbocycles. The molecule has 0 unspecified atom stereocenters. The number of hydrogen-bond acceptors (Lipinski definition) is 3. The highest BCUT2D eigenvalue weighted by Gasteiger charge is 2.06. The molecular weight excluding hydrogens is 236 g/mol. The second kappa shape index (κ2) is 4.79. The van der Waals surface area contributed by atoms with E-state index in [0.717, 1.165) is 10.9 Å². The highest BCUT2D eigenvalue weighted by atomic mass is 16.5. The molecule has 1 heterocycles. The van der Waals surface area contributed by atoms with Crippen LogP contribution in [0.1, 0.15) is 5.56 Å². The predicted octanol–water partition coefficient (Wildman–Crippen LogP) is 3.90. The molecule has 3 heteroatoms. The summed E-state index contributed by atoms with van der Waals surface area (Å²) in [5.41, 5.74) is 1.32. The van der Waals surface area contributed by atoms with E-state index in [-0.39, 0.29) is 0 Å². The van der Waals surface area contributed by atoms with E-state index >= 15 is 0 Å². The van der Waals surface area contributed by atoms with E-state index in [9.17, 15) is 5.26 Å². The number of ether oxygens (including phenoxy) is 1. The van der Waals surface area contributed by atoms with Crippen molar-refractivity contribution in [2.24, 2.45) is 0 Å². The average molecular weight is 246 g/mol. The Morgan fingerprint density at radius 1 is 0.947 bits per heavy atom. The van der Waals surface area contributed by atoms with Crippen molar-refractivity contribution in [3.8, 4) is 17.7 Å². The normalized spacial score (nSPS) is 10.1. The molecule has 1 aromatic heterocycles. The molecule has 3 aromatic rings. The summed E-state index contributed by atoms with van der Waals surface area (Å²) in [6.45, 7) is 0. The lowest BCUT2D eigenvalue weighted by molar-refractivity contribution is 0.465. The largest absolute Gasteiger partial charge is 0.439 e. The van der Waals surface area contributed by atoms with Crippen LogP contribution in [0.25, 0.3) is 10.9 Å². The van der Waals surface area contributed by atoms with Gasteiger partial charge in [0.25, 0.3) is 0 Å². The molecule has 0 radical (unpaired) electrons. The zero-order valence-corrected chi connectivity index (χ0v) is 10.1. The van der Waals surface area contributed by atoms with Crippen LogP contribution in [0.3, 0.4) is 0 Å². The first-order valence-electron chi connectivity index (χ1n) is 5.89. The van der Waals surface area contributed by atoms with E-state index in [1.54, 1.807) is 6.07 Å². The number of nitrogens with zero attached hydrogens (tertiary/aromatic N) is 2. The molecule has 0 N–H and O–H groups in total. The number of para-hydroxylation sites is 2. The van der Waals surface area contributed by atoms with Crippen LogP contribution >= 0.6 is 0 Å². The number of rotatable bonds is 2.